The maximum atomic E-state index is 11.3. The predicted molar refractivity (Wildman–Crippen MR) is 92.0 cm³/mol. The quantitative estimate of drug-likeness (QED) is 0.392. The second kappa shape index (κ2) is 14.0. The Morgan fingerprint density at radius 2 is 1.55 bits per heavy atom. The summed E-state index contributed by atoms with van der Waals surface area (Å²) in [5.74, 6) is -0.0745. The minimum Gasteiger partial charge on any atom is -0.463 e. The monoisotopic (exact) mass is 315 g/mol. The molecule has 132 valence electrons. The average Bonchev–Trinajstić information content (AvgIpc) is 2.46. The van der Waals surface area contributed by atoms with Crippen molar-refractivity contribution in [2.24, 2.45) is 0 Å². The number of esters is 1. The molecule has 0 radical (unpaired) electrons. The summed E-state index contributed by atoms with van der Waals surface area (Å²) in [6.07, 6.45) is 7.89. The van der Waals surface area contributed by atoms with Crippen LogP contribution in [-0.4, -0.2) is 47.8 Å². The summed E-state index contributed by atoms with van der Waals surface area (Å²) in [4.78, 5) is 13.6. The summed E-state index contributed by atoms with van der Waals surface area (Å²) in [5.41, 5.74) is 0. The number of aliphatic hydroxyl groups is 1. The summed E-state index contributed by atoms with van der Waals surface area (Å²) in [6, 6.07) is 0. The molecule has 0 bridgehead atoms. The molecule has 4 nitrogen and oxygen atoms in total. The van der Waals surface area contributed by atoms with Gasteiger partial charge < -0.3 is 14.7 Å². The zero-order chi connectivity index (χ0) is 16.8. The Morgan fingerprint density at radius 1 is 1.00 bits per heavy atom. The SMILES string of the molecule is CCN(CC)CC(O)CCCCCCCCC(=O)OC(C)C. The van der Waals surface area contributed by atoms with Gasteiger partial charge in [0.15, 0.2) is 0 Å². The van der Waals surface area contributed by atoms with E-state index >= 15 is 0 Å². The summed E-state index contributed by atoms with van der Waals surface area (Å²) >= 11 is 0. The molecule has 0 fully saturated rings. The first kappa shape index (κ1) is 21.4. The molecule has 0 amide bonds. The van der Waals surface area contributed by atoms with Gasteiger partial charge in [-0.1, -0.05) is 46.0 Å². The molecule has 0 spiro atoms. The number of carbonyl (C=O) groups excluding carboxylic acids is 1. The molecule has 22 heavy (non-hydrogen) atoms. The van der Waals surface area contributed by atoms with E-state index in [2.05, 4.69) is 18.7 Å². The third-order valence-corrected chi connectivity index (χ3v) is 3.90. The van der Waals surface area contributed by atoms with Crippen molar-refractivity contribution in [1.82, 2.24) is 4.90 Å². The molecule has 1 unspecified atom stereocenters. The van der Waals surface area contributed by atoms with Crippen molar-refractivity contribution < 1.29 is 14.6 Å². The molecule has 1 atom stereocenters. The molecule has 0 aliphatic rings. The Hall–Kier alpha value is -0.610. The third kappa shape index (κ3) is 13.1. The summed E-state index contributed by atoms with van der Waals surface area (Å²) < 4.78 is 5.10. The van der Waals surface area contributed by atoms with Crippen LogP contribution in [0.5, 0.6) is 0 Å². The number of likely N-dealkylation sites (N-methyl/N-ethyl adjacent to an activating group) is 1. The van der Waals surface area contributed by atoms with Crippen molar-refractivity contribution in [3.05, 3.63) is 0 Å². The van der Waals surface area contributed by atoms with Crippen molar-refractivity contribution in [2.75, 3.05) is 19.6 Å². The van der Waals surface area contributed by atoms with E-state index < -0.39 is 0 Å². The van der Waals surface area contributed by atoms with Crippen molar-refractivity contribution in [2.45, 2.75) is 91.3 Å². The van der Waals surface area contributed by atoms with E-state index in [1.807, 2.05) is 13.8 Å². The lowest BCUT2D eigenvalue weighted by Crippen LogP contribution is -2.32. The standard InChI is InChI=1S/C18H37NO3/c1-5-19(6-2)15-17(20)13-11-9-7-8-10-12-14-18(21)22-16(3)4/h16-17,20H,5-15H2,1-4H3. The van der Waals surface area contributed by atoms with Crippen LogP contribution in [-0.2, 0) is 9.53 Å². The van der Waals surface area contributed by atoms with Crippen molar-refractivity contribution in [3.63, 3.8) is 0 Å². The second-order valence-electron chi connectivity index (χ2n) is 6.34. The number of aliphatic hydroxyl groups excluding tert-OH is 1. The first-order chi connectivity index (χ1) is 10.5. The molecule has 0 rings (SSSR count). The van der Waals surface area contributed by atoms with Crippen molar-refractivity contribution in [1.29, 1.82) is 0 Å². The lowest BCUT2D eigenvalue weighted by molar-refractivity contribution is -0.147. The minimum absolute atomic E-state index is 0.00438. The molecule has 0 aliphatic carbocycles. The molecule has 0 saturated carbocycles. The van der Waals surface area contributed by atoms with Crippen LogP contribution in [0.2, 0.25) is 0 Å². The largest absolute Gasteiger partial charge is 0.463 e. The fourth-order valence-electron chi connectivity index (χ4n) is 2.55. The van der Waals surface area contributed by atoms with Gasteiger partial charge >= 0.3 is 5.97 Å². The highest BCUT2D eigenvalue weighted by Crippen LogP contribution is 2.11. The number of unbranched alkanes of at least 4 members (excludes halogenated alkanes) is 5. The van der Waals surface area contributed by atoms with Crippen LogP contribution >= 0.6 is 0 Å². The van der Waals surface area contributed by atoms with Gasteiger partial charge in [-0.15, -0.1) is 0 Å². The van der Waals surface area contributed by atoms with E-state index in [-0.39, 0.29) is 18.2 Å². The Kier molecular flexibility index (Phi) is 13.6. The third-order valence-electron chi connectivity index (χ3n) is 3.90. The van der Waals surface area contributed by atoms with Crippen molar-refractivity contribution >= 4 is 5.97 Å². The number of rotatable bonds is 14. The second-order valence-corrected chi connectivity index (χ2v) is 6.34. The molecule has 4 heteroatoms. The summed E-state index contributed by atoms with van der Waals surface area (Å²) in [6.45, 7) is 10.8. The highest BCUT2D eigenvalue weighted by Gasteiger charge is 2.08. The van der Waals surface area contributed by atoms with Gasteiger partial charge in [0.1, 0.15) is 0 Å². The Labute approximate surface area is 137 Å². The van der Waals surface area contributed by atoms with E-state index in [1.165, 1.54) is 19.3 Å². The van der Waals surface area contributed by atoms with Gasteiger partial charge in [0.05, 0.1) is 12.2 Å². The van der Waals surface area contributed by atoms with Crippen LogP contribution in [0, 0.1) is 0 Å². The number of hydrogen-bond acceptors (Lipinski definition) is 4. The van der Waals surface area contributed by atoms with E-state index in [0.717, 1.165) is 45.3 Å². The maximum absolute atomic E-state index is 11.3. The highest BCUT2D eigenvalue weighted by molar-refractivity contribution is 5.69. The van der Waals surface area contributed by atoms with Gasteiger partial charge in [-0.2, -0.15) is 0 Å². The van der Waals surface area contributed by atoms with Crippen LogP contribution in [0.4, 0.5) is 0 Å². The molecule has 0 heterocycles. The van der Waals surface area contributed by atoms with Gasteiger partial charge in [0.2, 0.25) is 0 Å². The van der Waals surface area contributed by atoms with Crippen LogP contribution in [0.25, 0.3) is 0 Å². The molecule has 0 saturated heterocycles. The number of hydrogen-bond donors (Lipinski definition) is 1. The van der Waals surface area contributed by atoms with Crippen molar-refractivity contribution in [3.8, 4) is 0 Å². The first-order valence-electron chi connectivity index (χ1n) is 9.09. The van der Waals surface area contributed by atoms with E-state index in [0.29, 0.717) is 6.42 Å². The zero-order valence-corrected chi connectivity index (χ0v) is 15.1. The Morgan fingerprint density at radius 3 is 2.09 bits per heavy atom. The summed E-state index contributed by atoms with van der Waals surface area (Å²) in [5, 5.41) is 9.96. The predicted octanol–water partition coefficient (Wildman–Crippen LogP) is 3.76. The lowest BCUT2D eigenvalue weighted by Gasteiger charge is -2.21. The fraction of sp³-hybridized carbons (Fsp3) is 0.944. The van der Waals surface area contributed by atoms with Crippen LogP contribution < -0.4 is 0 Å². The average molecular weight is 315 g/mol. The molecular formula is C18H37NO3. The van der Waals surface area contributed by atoms with Gasteiger partial charge in [0, 0.05) is 13.0 Å². The fourth-order valence-corrected chi connectivity index (χ4v) is 2.55. The van der Waals surface area contributed by atoms with Crippen LogP contribution in [0.1, 0.15) is 79.1 Å². The molecule has 0 aromatic heterocycles. The van der Waals surface area contributed by atoms with Gasteiger partial charge in [-0.25, -0.2) is 0 Å². The van der Waals surface area contributed by atoms with E-state index in [4.69, 9.17) is 4.74 Å². The van der Waals surface area contributed by atoms with Gasteiger partial charge in [0.25, 0.3) is 0 Å². The summed E-state index contributed by atoms with van der Waals surface area (Å²) in [7, 11) is 0. The molecule has 0 aliphatic heterocycles. The first-order valence-corrected chi connectivity index (χ1v) is 9.09. The smallest absolute Gasteiger partial charge is 0.306 e. The molecular weight excluding hydrogens is 278 g/mol. The van der Waals surface area contributed by atoms with Crippen LogP contribution in [0.3, 0.4) is 0 Å². The number of nitrogens with zero attached hydrogens (tertiary/aromatic N) is 1. The highest BCUT2D eigenvalue weighted by atomic mass is 16.5. The van der Waals surface area contributed by atoms with E-state index in [1.54, 1.807) is 0 Å². The normalized spacial score (nSPS) is 12.9. The van der Waals surface area contributed by atoms with Gasteiger partial charge in [-0.3, -0.25) is 4.79 Å². The zero-order valence-electron chi connectivity index (χ0n) is 15.1. The molecule has 0 aromatic rings. The van der Waals surface area contributed by atoms with Crippen LogP contribution in [0.15, 0.2) is 0 Å². The topological polar surface area (TPSA) is 49.8 Å². The van der Waals surface area contributed by atoms with E-state index in [9.17, 15) is 9.90 Å². The molecule has 1 N–H and O–H groups in total. The van der Waals surface area contributed by atoms with Gasteiger partial charge in [-0.05, 0) is 39.8 Å². The number of ether oxygens (including phenoxy) is 1. The minimum atomic E-state index is -0.189. The lowest BCUT2D eigenvalue weighted by atomic mass is 10.1. The molecule has 0 aromatic carbocycles. The Balaban J connectivity index is 3.38. The number of carbonyl (C=O) groups is 1. The maximum Gasteiger partial charge on any atom is 0.306 e. The Bertz CT molecular complexity index is 265.